The van der Waals surface area contributed by atoms with Gasteiger partial charge in [0.15, 0.2) is 0 Å². The van der Waals surface area contributed by atoms with Crippen LogP contribution in [0, 0.1) is 0 Å². The molecule has 4 atom stereocenters. The molecule has 0 aliphatic carbocycles. The summed E-state index contributed by atoms with van der Waals surface area (Å²) in [6, 6.07) is 7.86. The van der Waals surface area contributed by atoms with Gasteiger partial charge >= 0.3 is 5.51 Å². The summed E-state index contributed by atoms with van der Waals surface area (Å²) < 4.78 is 71.9. The van der Waals surface area contributed by atoms with Crippen LogP contribution < -0.4 is 10.0 Å². The fourth-order valence-electron chi connectivity index (χ4n) is 2.75. The molecule has 7 nitrogen and oxygen atoms in total. The van der Waals surface area contributed by atoms with Crippen molar-refractivity contribution in [2.75, 3.05) is 12.4 Å². The highest BCUT2D eigenvalue weighted by Gasteiger charge is 2.30. The number of halogens is 4. The third-order valence-electron chi connectivity index (χ3n) is 4.35. The Morgan fingerprint density at radius 1 is 1.19 bits per heavy atom. The number of aliphatic hydroxyl groups excluding tert-OH is 1. The van der Waals surface area contributed by atoms with Crippen LogP contribution in [0.25, 0.3) is 11.1 Å². The van der Waals surface area contributed by atoms with Crippen molar-refractivity contribution in [3.8, 4) is 11.1 Å². The lowest BCUT2D eigenvalue weighted by Crippen LogP contribution is -2.42. The van der Waals surface area contributed by atoms with Crippen molar-refractivity contribution in [1.29, 1.82) is 0 Å². The second-order valence-corrected chi connectivity index (χ2v) is 8.46. The SMILES string of the molecule is CC(NS(=O)O)c1ccc(-c2ccc([C@H](O)[C@@H](CF)NC(=O)CSC(F)(F)F)cc2)cn1. The number of aliphatic hydroxyl groups is 1. The number of nitrogens with zero attached hydrogens (tertiary/aromatic N) is 1. The normalized spacial score (nSPS) is 15.6. The van der Waals surface area contributed by atoms with Crippen LogP contribution in [0.3, 0.4) is 0 Å². The summed E-state index contributed by atoms with van der Waals surface area (Å²) in [4.78, 5) is 15.9. The van der Waals surface area contributed by atoms with Gasteiger partial charge < -0.3 is 10.4 Å². The second-order valence-electron chi connectivity index (χ2n) is 6.69. The summed E-state index contributed by atoms with van der Waals surface area (Å²) in [7, 11) is 0. The van der Waals surface area contributed by atoms with E-state index in [4.69, 9.17) is 4.55 Å². The number of pyridine rings is 1. The monoisotopic (exact) mass is 495 g/mol. The Morgan fingerprint density at radius 3 is 2.31 bits per heavy atom. The lowest BCUT2D eigenvalue weighted by molar-refractivity contribution is -0.120. The summed E-state index contributed by atoms with van der Waals surface area (Å²) >= 11 is -2.72. The highest BCUT2D eigenvalue weighted by atomic mass is 32.2. The number of carbonyl (C=O) groups is 1. The first-order valence-corrected chi connectivity index (χ1v) is 11.3. The van der Waals surface area contributed by atoms with Crippen LogP contribution in [-0.2, 0) is 16.1 Å². The van der Waals surface area contributed by atoms with E-state index in [9.17, 15) is 31.7 Å². The molecular formula is C19H21F4N3O4S2. The molecule has 0 saturated carbocycles. The zero-order chi connectivity index (χ0) is 23.9. The Hall–Kier alpha value is -2.06. The topological polar surface area (TPSA) is 112 Å². The van der Waals surface area contributed by atoms with Gasteiger partial charge in [-0.25, -0.2) is 13.3 Å². The van der Waals surface area contributed by atoms with Gasteiger partial charge in [-0.05, 0) is 35.9 Å². The number of nitrogens with one attached hydrogen (secondary N) is 2. The zero-order valence-corrected chi connectivity index (χ0v) is 18.3. The van der Waals surface area contributed by atoms with Crippen molar-refractivity contribution < 1.29 is 36.2 Å². The van der Waals surface area contributed by atoms with Gasteiger partial charge in [-0.1, -0.05) is 30.3 Å². The molecule has 0 spiro atoms. The van der Waals surface area contributed by atoms with Gasteiger partial charge in [-0.15, -0.1) is 0 Å². The number of thioether (sulfide) groups is 1. The predicted molar refractivity (Wildman–Crippen MR) is 113 cm³/mol. The standard InChI is InChI=1S/C19H21F4N3O4S2/c1-11(26-32(29)30)15-7-6-14(9-24-15)12-2-4-13(5-3-12)18(28)16(8-20)25-17(27)10-31-19(21,22)23/h2-7,9,11,16,18,26,28H,8,10H2,1H3,(H,25,27)(H,29,30)/t11?,16-,18+/m1/s1. The van der Waals surface area contributed by atoms with Crippen LogP contribution in [0.1, 0.15) is 30.3 Å². The first kappa shape index (κ1) is 26.2. The van der Waals surface area contributed by atoms with E-state index in [-0.39, 0.29) is 5.56 Å². The van der Waals surface area contributed by atoms with Crippen LogP contribution >= 0.6 is 11.8 Å². The van der Waals surface area contributed by atoms with Crippen LogP contribution in [0.5, 0.6) is 0 Å². The molecule has 0 radical (unpaired) electrons. The molecule has 1 heterocycles. The molecule has 0 aliphatic rings. The molecule has 32 heavy (non-hydrogen) atoms. The van der Waals surface area contributed by atoms with Crippen molar-refractivity contribution in [3.05, 3.63) is 53.9 Å². The third kappa shape index (κ3) is 8.13. The Kier molecular flexibility index (Phi) is 9.58. The number of aromatic nitrogens is 1. The minimum Gasteiger partial charge on any atom is -0.386 e. The second kappa shape index (κ2) is 11.7. The van der Waals surface area contributed by atoms with Gasteiger partial charge in [0.2, 0.25) is 17.2 Å². The molecule has 1 amide bonds. The van der Waals surface area contributed by atoms with Crippen molar-refractivity contribution in [1.82, 2.24) is 15.0 Å². The van der Waals surface area contributed by atoms with Crippen LogP contribution in [0.4, 0.5) is 17.6 Å². The summed E-state index contributed by atoms with van der Waals surface area (Å²) in [6.45, 7) is 0.510. The lowest BCUT2D eigenvalue weighted by atomic mass is 9.99. The Labute approximate surface area is 188 Å². The highest BCUT2D eigenvalue weighted by molar-refractivity contribution is 8.00. The molecule has 2 aromatic rings. The number of hydrogen-bond donors (Lipinski definition) is 4. The molecule has 0 saturated heterocycles. The average Bonchev–Trinajstić information content (AvgIpc) is 2.75. The smallest absolute Gasteiger partial charge is 0.386 e. The average molecular weight is 496 g/mol. The molecule has 0 aliphatic heterocycles. The minimum atomic E-state index is -4.59. The van der Waals surface area contributed by atoms with E-state index in [1.807, 2.05) is 0 Å². The fraction of sp³-hybridized carbons (Fsp3) is 0.368. The number of hydrogen-bond acceptors (Lipinski definition) is 5. The zero-order valence-electron chi connectivity index (χ0n) is 16.7. The molecule has 1 aromatic heterocycles. The van der Waals surface area contributed by atoms with E-state index < -0.39 is 65.1 Å². The predicted octanol–water partition coefficient (Wildman–Crippen LogP) is 3.28. The number of benzene rings is 1. The van der Waals surface area contributed by atoms with Crippen LogP contribution in [0.15, 0.2) is 42.6 Å². The van der Waals surface area contributed by atoms with Gasteiger partial charge in [0.05, 0.1) is 23.5 Å². The molecule has 13 heteroatoms. The molecule has 0 fully saturated rings. The van der Waals surface area contributed by atoms with Gasteiger partial charge in [-0.2, -0.15) is 13.2 Å². The number of alkyl halides is 4. The first-order chi connectivity index (χ1) is 15.0. The van der Waals surface area contributed by atoms with Gasteiger partial charge in [0.25, 0.3) is 0 Å². The van der Waals surface area contributed by atoms with E-state index in [1.54, 1.807) is 37.4 Å². The van der Waals surface area contributed by atoms with E-state index >= 15 is 0 Å². The number of carbonyl (C=O) groups excluding carboxylic acids is 1. The minimum absolute atomic E-state index is 0.271. The van der Waals surface area contributed by atoms with Gasteiger partial charge in [0, 0.05) is 11.8 Å². The number of amides is 1. The molecule has 2 unspecified atom stereocenters. The summed E-state index contributed by atoms with van der Waals surface area (Å²) in [6.07, 6.45) is 0.1000. The van der Waals surface area contributed by atoms with E-state index in [2.05, 4.69) is 15.0 Å². The van der Waals surface area contributed by atoms with Crippen molar-refractivity contribution in [2.45, 2.75) is 30.6 Å². The molecular weight excluding hydrogens is 474 g/mol. The summed E-state index contributed by atoms with van der Waals surface area (Å²) in [5.74, 6) is -1.97. The molecule has 0 bridgehead atoms. The molecule has 1 aromatic carbocycles. The Bertz CT molecular complexity index is 914. The quantitative estimate of drug-likeness (QED) is 0.297. The highest BCUT2D eigenvalue weighted by Crippen LogP contribution is 2.30. The maximum absolute atomic E-state index is 13.3. The Balaban J connectivity index is 2.03. The van der Waals surface area contributed by atoms with E-state index in [0.29, 0.717) is 16.8 Å². The molecule has 176 valence electrons. The van der Waals surface area contributed by atoms with Crippen molar-refractivity contribution in [3.63, 3.8) is 0 Å². The van der Waals surface area contributed by atoms with Crippen molar-refractivity contribution in [2.24, 2.45) is 0 Å². The summed E-state index contributed by atoms with van der Waals surface area (Å²) in [5, 5.41) is 12.4. The molecule has 2 rings (SSSR count). The maximum atomic E-state index is 13.3. The third-order valence-corrected chi connectivity index (χ3v) is 5.64. The van der Waals surface area contributed by atoms with Crippen LogP contribution in [-0.4, -0.2) is 48.7 Å². The number of rotatable bonds is 10. The van der Waals surface area contributed by atoms with Gasteiger partial charge in [0.1, 0.15) is 12.8 Å². The van der Waals surface area contributed by atoms with E-state index in [1.165, 1.54) is 12.1 Å². The summed E-state index contributed by atoms with van der Waals surface area (Å²) in [5.41, 5.74) is -2.34. The van der Waals surface area contributed by atoms with Crippen molar-refractivity contribution >= 4 is 28.9 Å². The Morgan fingerprint density at radius 2 is 1.81 bits per heavy atom. The van der Waals surface area contributed by atoms with Gasteiger partial charge in [-0.3, -0.25) is 14.3 Å². The first-order valence-electron chi connectivity index (χ1n) is 9.17. The fourth-order valence-corrected chi connectivity index (χ4v) is 3.55. The van der Waals surface area contributed by atoms with E-state index in [0.717, 1.165) is 0 Å². The van der Waals surface area contributed by atoms with Crippen LogP contribution in [0.2, 0.25) is 0 Å². The largest absolute Gasteiger partial charge is 0.442 e. The molecule has 4 N–H and O–H groups in total. The lowest BCUT2D eigenvalue weighted by Gasteiger charge is -2.22. The maximum Gasteiger partial charge on any atom is 0.442 e.